The van der Waals surface area contributed by atoms with Crippen LogP contribution >= 0.6 is 0 Å². The number of nitro groups is 1. The number of nitro benzene ring substituents is 1. The number of carbonyl (C=O) groups excluding carboxylic acids is 2. The van der Waals surface area contributed by atoms with Gasteiger partial charge in [-0.05, 0) is 62.8 Å². The third kappa shape index (κ3) is 3.96. The third-order valence-corrected chi connectivity index (χ3v) is 5.99. The number of rotatable bonds is 6. The van der Waals surface area contributed by atoms with Crippen LogP contribution in [0.3, 0.4) is 0 Å². The second-order valence-electron chi connectivity index (χ2n) is 7.95. The Bertz CT molecular complexity index is 1020. The smallest absolute Gasteiger partial charge is 0.278 e. The van der Waals surface area contributed by atoms with Gasteiger partial charge in [0.15, 0.2) is 0 Å². The van der Waals surface area contributed by atoms with Gasteiger partial charge in [-0.15, -0.1) is 0 Å². The van der Waals surface area contributed by atoms with E-state index in [0.29, 0.717) is 17.0 Å². The Morgan fingerprint density at radius 3 is 2.39 bits per heavy atom. The number of nitrogens with zero attached hydrogens (tertiary/aromatic N) is 4. The number of hydrogen-bond donors (Lipinski definition) is 0. The standard InChI is InChI=1S/C22H24N4O5/c1-23-11-9-16(10-12-23)24(2)20-19(15-5-7-17(8-6-15)26(29)30)21(27)25(22(20)28)14-18-4-3-13-31-18/h3-8,13,16H,9-12,14H2,1-2H3. The number of likely N-dealkylation sites (tertiary alicyclic amines) is 1. The summed E-state index contributed by atoms with van der Waals surface area (Å²) in [6.07, 6.45) is 3.25. The van der Waals surface area contributed by atoms with Crippen LogP contribution < -0.4 is 0 Å². The number of benzene rings is 1. The molecule has 2 aliphatic heterocycles. The molecule has 31 heavy (non-hydrogen) atoms. The number of piperidine rings is 1. The van der Waals surface area contributed by atoms with Crippen molar-refractivity contribution in [2.24, 2.45) is 0 Å². The van der Waals surface area contributed by atoms with Crippen molar-refractivity contribution in [3.8, 4) is 0 Å². The monoisotopic (exact) mass is 424 g/mol. The van der Waals surface area contributed by atoms with E-state index >= 15 is 0 Å². The summed E-state index contributed by atoms with van der Waals surface area (Å²) in [6, 6.07) is 9.29. The normalized spacial score (nSPS) is 18.2. The minimum atomic E-state index is -0.492. The van der Waals surface area contributed by atoms with Gasteiger partial charge in [-0.2, -0.15) is 0 Å². The van der Waals surface area contributed by atoms with E-state index in [2.05, 4.69) is 11.9 Å². The van der Waals surface area contributed by atoms with Crippen molar-refractivity contribution in [2.45, 2.75) is 25.4 Å². The van der Waals surface area contributed by atoms with Crippen LogP contribution in [0.15, 0.2) is 52.8 Å². The Kier molecular flexibility index (Phi) is 5.60. The van der Waals surface area contributed by atoms with Crippen LogP contribution in [-0.2, 0) is 16.1 Å². The van der Waals surface area contributed by atoms with Crippen LogP contribution in [0, 0.1) is 10.1 Å². The molecule has 9 heteroatoms. The summed E-state index contributed by atoms with van der Waals surface area (Å²) in [5.74, 6) is -0.297. The number of amides is 2. The topological polar surface area (TPSA) is 100 Å². The zero-order valence-corrected chi connectivity index (χ0v) is 17.5. The quantitative estimate of drug-likeness (QED) is 0.399. The van der Waals surface area contributed by atoms with E-state index in [-0.39, 0.29) is 29.8 Å². The van der Waals surface area contributed by atoms with E-state index in [0.717, 1.165) is 25.9 Å². The minimum absolute atomic E-state index is 0.0336. The Morgan fingerprint density at radius 2 is 1.81 bits per heavy atom. The molecule has 4 rings (SSSR count). The second kappa shape index (κ2) is 8.35. The van der Waals surface area contributed by atoms with Gasteiger partial charge in [0.05, 0.1) is 23.3 Å². The Morgan fingerprint density at radius 1 is 1.13 bits per heavy atom. The first-order valence-electron chi connectivity index (χ1n) is 10.2. The second-order valence-corrected chi connectivity index (χ2v) is 7.95. The molecule has 2 aliphatic rings. The van der Waals surface area contributed by atoms with Crippen LogP contribution in [-0.4, -0.2) is 64.7 Å². The van der Waals surface area contributed by atoms with Gasteiger partial charge in [-0.1, -0.05) is 0 Å². The van der Waals surface area contributed by atoms with Gasteiger partial charge in [0.2, 0.25) is 0 Å². The lowest BCUT2D eigenvalue weighted by atomic mass is 10.00. The maximum atomic E-state index is 13.4. The fourth-order valence-electron chi connectivity index (χ4n) is 4.17. The summed E-state index contributed by atoms with van der Waals surface area (Å²) < 4.78 is 5.34. The molecule has 1 aromatic carbocycles. The third-order valence-electron chi connectivity index (χ3n) is 5.99. The van der Waals surface area contributed by atoms with Gasteiger partial charge in [-0.25, -0.2) is 0 Å². The Hall–Kier alpha value is -3.46. The minimum Gasteiger partial charge on any atom is -0.467 e. The van der Waals surface area contributed by atoms with Gasteiger partial charge in [0.25, 0.3) is 17.5 Å². The van der Waals surface area contributed by atoms with Crippen molar-refractivity contribution in [3.63, 3.8) is 0 Å². The Balaban J connectivity index is 1.72. The molecule has 0 saturated carbocycles. The van der Waals surface area contributed by atoms with Gasteiger partial charge < -0.3 is 14.2 Å². The fourth-order valence-corrected chi connectivity index (χ4v) is 4.17. The van der Waals surface area contributed by atoms with Crippen molar-refractivity contribution in [1.29, 1.82) is 0 Å². The first-order chi connectivity index (χ1) is 14.9. The highest BCUT2D eigenvalue weighted by atomic mass is 16.6. The number of hydrogen-bond acceptors (Lipinski definition) is 7. The molecule has 0 atom stereocenters. The fraction of sp³-hybridized carbons (Fsp3) is 0.364. The molecule has 0 bridgehead atoms. The van der Waals surface area contributed by atoms with Crippen LogP contribution in [0.4, 0.5) is 5.69 Å². The van der Waals surface area contributed by atoms with Gasteiger partial charge in [0.1, 0.15) is 11.5 Å². The van der Waals surface area contributed by atoms with Crippen LogP contribution in [0.2, 0.25) is 0 Å². The summed E-state index contributed by atoms with van der Waals surface area (Å²) in [4.78, 5) is 42.6. The summed E-state index contributed by atoms with van der Waals surface area (Å²) >= 11 is 0. The molecule has 1 fully saturated rings. The molecule has 0 aliphatic carbocycles. The molecule has 0 radical (unpaired) electrons. The lowest BCUT2D eigenvalue weighted by Crippen LogP contribution is -2.43. The summed E-state index contributed by atoms with van der Waals surface area (Å²) in [7, 11) is 3.91. The van der Waals surface area contributed by atoms with E-state index in [4.69, 9.17) is 4.42 Å². The molecule has 3 heterocycles. The predicted octanol–water partition coefficient (Wildman–Crippen LogP) is 2.49. The molecule has 0 unspecified atom stereocenters. The van der Waals surface area contributed by atoms with Crippen molar-refractivity contribution >= 4 is 23.1 Å². The molecule has 1 aromatic heterocycles. The number of furan rings is 1. The Labute approximate surface area is 179 Å². The molecule has 0 spiro atoms. The van der Waals surface area contributed by atoms with Crippen molar-refractivity contribution < 1.29 is 18.9 Å². The highest BCUT2D eigenvalue weighted by Gasteiger charge is 2.42. The van der Waals surface area contributed by atoms with Gasteiger partial charge in [-0.3, -0.25) is 24.6 Å². The summed E-state index contributed by atoms with van der Waals surface area (Å²) in [5, 5.41) is 11.0. The van der Waals surface area contributed by atoms with Gasteiger partial charge in [0, 0.05) is 25.2 Å². The number of carbonyl (C=O) groups is 2. The number of likely N-dealkylation sites (N-methyl/N-ethyl adjacent to an activating group) is 1. The van der Waals surface area contributed by atoms with E-state index in [1.54, 1.807) is 12.1 Å². The lowest BCUT2D eigenvalue weighted by Gasteiger charge is -2.36. The van der Waals surface area contributed by atoms with E-state index < -0.39 is 10.8 Å². The van der Waals surface area contributed by atoms with Crippen LogP contribution in [0.25, 0.3) is 5.57 Å². The molecule has 2 amide bonds. The average Bonchev–Trinajstić information content (AvgIpc) is 3.36. The van der Waals surface area contributed by atoms with Crippen molar-refractivity contribution in [3.05, 3.63) is 69.8 Å². The van der Waals surface area contributed by atoms with E-state index in [1.165, 1.54) is 35.4 Å². The number of imide groups is 1. The first-order valence-corrected chi connectivity index (χ1v) is 10.2. The van der Waals surface area contributed by atoms with Crippen molar-refractivity contribution in [1.82, 2.24) is 14.7 Å². The molecule has 9 nitrogen and oxygen atoms in total. The molecular weight excluding hydrogens is 400 g/mol. The molecule has 1 saturated heterocycles. The largest absolute Gasteiger partial charge is 0.467 e. The van der Waals surface area contributed by atoms with E-state index in [9.17, 15) is 19.7 Å². The molecule has 0 N–H and O–H groups in total. The predicted molar refractivity (Wildman–Crippen MR) is 113 cm³/mol. The maximum absolute atomic E-state index is 13.4. The summed E-state index contributed by atoms with van der Waals surface area (Å²) in [5.41, 5.74) is 1.02. The van der Waals surface area contributed by atoms with Crippen LogP contribution in [0.1, 0.15) is 24.2 Å². The molecule has 162 valence electrons. The summed E-state index contributed by atoms with van der Waals surface area (Å²) in [6.45, 7) is 1.85. The molecular formula is C22H24N4O5. The lowest BCUT2D eigenvalue weighted by molar-refractivity contribution is -0.384. The zero-order chi connectivity index (χ0) is 22.1. The van der Waals surface area contributed by atoms with Crippen molar-refractivity contribution in [2.75, 3.05) is 27.2 Å². The molecule has 2 aromatic rings. The van der Waals surface area contributed by atoms with Gasteiger partial charge >= 0.3 is 0 Å². The SMILES string of the molecule is CN1CCC(N(C)C2=C(c3ccc([N+](=O)[O-])cc3)C(=O)N(Cc3ccco3)C2=O)CC1. The maximum Gasteiger partial charge on any atom is 0.278 e. The average molecular weight is 424 g/mol. The van der Waals surface area contributed by atoms with Crippen LogP contribution in [0.5, 0.6) is 0 Å². The zero-order valence-electron chi connectivity index (χ0n) is 17.5. The number of non-ortho nitro benzene ring substituents is 1. The first kappa shape index (κ1) is 20.8. The highest BCUT2D eigenvalue weighted by molar-refractivity contribution is 6.35. The highest BCUT2D eigenvalue weighted by Crippen LogP contribution is 2.35. The van der Waals surface area contributed by atoms with E-state index in [1.807, 2.05) is 11.9 Å².